The van der Waals surface area contributed by atoms with E-state index in [9.17, 15) is 18.0 Å². The molecule has 3 rings (SSSR count). The molecule has 1 aliphatic rings. The summed E-state index contributed by atoms with van der Waals surface area (Å²) in [5.74, 6) is -0.976. The molecular weight excluding hydrogens is 398 g/mol. The SMILES string of the molecule is CN(C(=O)COC(=O)/C=C/c1ccc(-c2ccccc2)s1)[C@@H]1CCS(=O)(=O)C1. The molecule has 1 aromatic heterocycles. The number of rotatable bonds is 6. The van der Waals surface area contributed by atoms with Gasteiger partial charge in [-0.2, -0.15) is 0 Å². The van der Waals surface area contributed by atoms with Crippen LogP contribution in [0.4, 0.5) is 0 Å². The number of thiophene rings is 1. The van der Waals surface area contributed by atoms with Crippen molar-refractivity contribution < 1.29 is 22.7 Å². The molecule has 0 radical (unpaired) electrons. The van der Waals surface area contributed by atoms with E-state index >= 15 is 0 Å². The summed E-state index contributed by atoms with van der Waals surface area (Å²) in [6, 6.07) is 13.5. The van der Waals surface area contributed by atoms with E-state index < -0.39 is 28.3 Å². The summed E-state index contributed by atoms with van der Waals surface area (Å²) in [7, 11) is -1.54. The van der Waals surface area contributed by atoms with E-state index in [-0.39, 0.29) is 17.5 Å². The monoisotopic (exact) mass is 419 g/mol. The first kappa shape index (κ1) is 20.3. The third-order valence-corrected chi connectivity index (χ3v) is 7.41. The van der Waals surface area contributed by atoms with E-state index in [0.29, 0.717) is 6.42 Å². The summed E-state index contributed by atoms with van der Waals surface area (Å²) in [6.45, 7) is -0.407. The number of hydrogen-bond donors (Lipinski definition) is 0. The van der Waals surface area contributed by atoms with E-state index in [1.165, 1.54) is 18.0 Å². The predicted octanol–water partition coefficient (Wildman–Crippen LogP) is 2.62. The standard InChI is InChI=1S/C20H21NO5S2/c1-21(16-11-12-28(24,25)14-16)19(22)13-26-20(23)10-8-17-7-9-18(27-17)15-5-3-2-4-6-15/h2-10,16H,11-14H2,1H3/b10-8+/t16-/m1/s1. The van der Waals surface area contributed by atoms with Crippen LogP contribution in [0.3, 0.4) is 0 Å². The first-order chi connectivity index (χ1) is 13.3. The third-order valence-electron chi connectivity index (χ3n) is 4.56. The molecule has 2 heterocycles. The number of esters is 1. The number of ether oxygens (including phenoxy) is 1. The number of carbonyl (C=O) groups is 2. The maximum Gasteiger partial charge on any atom is 0.331 e. The highest BCUT2D eigenvalue weighted by Gasteiger charge is 2.32. The number of amides is 1. The van der Waals surface area contributed by atoms with Gasteiger partial charge in [0.05, 0.1) is 11.5 Å². The van der Waals surface area contributed by atoms with Gasteiger partial charge < -0.3 is 9.64 Å². The maximum absolute atomic E-state index is 12.1. The molecule has 1 saturated heterocycles. The van der Waals surface area contributed by atoms with Crippen LogP contribution in [-0.4, -0.2) is 56.4 Å². The number of hydrogen-bond acceptors (Lipinski definition) is 6. The lowest BCUT2D eigenvalue weighted by atomic mass is 10.2. The van der Waals surface area contributed by atoms with E-state index in [4.69, 9.17) is 4.74 Å². The van der Waals surface area contributed by atoms with Crippen LogP contribution >= 0.6 is 11.3 Å². The lowest BCUT2D eigenvalue weighted by Gasteiger charge is -2.22. The number of nitrogens with zero attached hydrogens (tertiary/aromatic N) is 1. The van der Waals surface area contributed by atoms with Crippen molar-refractivity contribution in [1.29, 1.82) is 0 Å². The Balaban J connectivity index is 1.49. The molecule has 0 aliphatic carbocycles. The molecule has 0 spiro atoms. The molecular formula is C20H21NO5S2. The van der Waals surface area contributed by atoms with E-state index in [0.717, 1.165) is 15.3 Å². The van der Waals surface area contributed by atoms with Gasteiger partial charge in [-0.05, 0) is 30.2 Å². The summed E-state index contributed by atoms with van der Waals surface area (Å²) in [5.41, 5.74) is 1.11. The second-order valence-electron chi connectivity index (χ2n) is 6.57. The Morgan fingerprint density at radius 2 is 1.96 bits per heavy atom. The molecule has 0 unspecified atom stereocenters. The van der Waals surface area contributed by atoms with Gasteiger partial charge in [0.15, 0.2) is 16.4 Å². The Kier molecular flexibility index (Phi) is 6.31. The van der Waals surface area contributed by atoms with Gasteiger partial charge >= 0.3 is 5.97 Å². The molecule has 8 heteroatoms. The van der Waals surface area contributed by atoms with E-state index in [1.54, 1.807) is 17.4 Å². The average molecular weight is 420 g/mol. The maximum atomic E-state index is 12.1. The van der Waals surface area contributed by atoms with Crippen LogP contribution in [0.25, 0.3) is 16.5 Å². The molecule has 28 heavy (non-hydrogen) atoms. The zero-order valence-electron chi connectivity index (χ0n) is 15.4. The molecule has 1 amide bonds. The Morgan fingerprint density at radius 1 is 1.21 bits per heavy atom. The zero-order chi connectivity index (χ0) is 20.1. The summed E-state index contributed by atoms with van der Waals surface area (Å²) in [4.78, 5) is 27.3. The Morgan fingerprint density at radius 3 is 2.64 bits per heavy atom. The summed E-state index contributed by atoms with van der Waals surface area (Å²) in [6.07, 6.45) is 3.35. The molecule has 0 saturated carbocycles. The van der Waals surface area contributed by atoms with Gasteiger partial charge in [0, 0.05) is 28.9 Å². The summed E-state index contributed by atoms with van der Waals surface area (Å²) < 4.78 is 28.0. The predicted molar refractivity (Wildman–Crippen MR) is 110 cm³/mol. The molecule has 6 nitrogen and oxygen atoms in total. The van der Waals surface area contributed by atoms with Gasteiger partial charge in [0.2, 0.25) is 0 Å². The number of carbonyl (C=O) groups excluding carboxylic acids is 2. The van der Waals surface area contributed by atoms with Gasteiger partial charge in [-0.1, -0.05) is 30.3 Å². The van der Waals surface area contributed by atoms with E-state index in [1.807, 2.05) is 42.5 Å². The third kappa shape index (κ3) is 5.30. The number of benzene rings is 1. The minimum absolute atomic E-state index is 0.0365. The molecule has 1 aliphatic heterocycles. The highest BCUT2D eigenvalue weighted by Crippen LogP contribution is 2.28. The number of likely N-dealkylation sites (N-methyl/N-ethyl adjacent to an activating group) is 1. The molecule has 1 fully saturated rings. The Hall–Kier alpha value is -2.45. The largest absolute Gasteiger partial charge is 0.452 e. The van der Waals surface area contributed by atoms with Crippen molar-refractivity contribution in [3.05, 3.63) is 53.4 Å². The van der Waals surface area contributed by atoms with Crippen molar-refractivity contribution in [1.82, 2.24) is 4.90 Å². The average Bonchev–Trinajstić information content (AvgIpc) is 3.30. The first-order valence-electron chi connectivity index (χ1n) is 8.80. The summed E-state index contributed by atoms with van der Waals surface area (Å²) in [5, 5.41) is 0. The van der Waals surface area contributed by atoms with Crippen molar-refractivity contribution in [3.8, 4) is 10.4 Å². The minimum atomic E-state index is -3.07. The number of sulfone groups is 1. The molecule has 1 aromatic carbocycles. The minimum Gasteiger partial charge on any atom is -0.452 e. The van der Waals surface area contributed by atoms with Crippen molar-refractivity contribution in [2.75, 3.05) is 25.2 Å². The van der Waals surface area contributed by atoms with E-state index in [2.05, 4.69) is 0 Å². The summed E-state index contributed by atoms with van der Waals surface area (Å²) >= 11 is 1.55. The van der Waals surface area contributed by atoms with Crippen LogP contribution in [-0.2, 0) is 24.2 Å². The van der Waals surface area contributed by atoms with Crippen LogP contribution < -0.4 is 0 Å². The highest BCUT2D eigenvalue weighted by atomic mass is 32.2. The van der Waals surface area contributed by atoms with Gasteiger partial charge in [-0.3, -0.25) is 4.79 Å². The van der Waals surface area contributed by atoms with Crippen LogP contribution in [0.2, 0.25) is 0 Å². The fourth-order valence-corrected chi connectivity index (χ4v) is 5.61. The van der Waals surface area contributed by atoms with Crippen molar-refractivity contribution in [3.63, 3.8) is 0 Å². The lowest BCUT2D eigenvalue weighted by molar-refractivity contribution is -0.148. The van der Waals surface area contributed by atoms with Crippen LogP contribution in [0.1, 0.15) is 11.3 Å². The Bertz CT molecular complexity index is 979. The lowest BCUT2D eigenvalue weighted by Crippen LogP contribution is -2.40. The molecule has 1 atom stereocenters. The second-order valence-corrected chi connectivity index (χ2v) is 9.91. The highest BCUT2D eigenvalue weighted by molar-refractivity contribution is 7.91. The van der Waals surface area contributed by atoms with Crippen LogP contribution in [0, 0.1) is 0 Å². The quantitative estimate of drug-likeness (QED) is 0.531. The fraction of sp³-hybridized carbons (Fsp3) is 0.300. The van der Waals surface area contributed by atoms with Gasteiger partial charge in [-0.15, -0.1) is 11.3 Å². The zero-order valence-corrected chi connectivity index (χ0v) is 17.0. The second kappa shape index (κ2) is 8.70. The van der Waals surface area contributed by atoms with Crippen molar-refractivity contribution in [2.45, 2.75) is 12.5 Å². The van der Waals surface area contributed by atoms with Gasteiger partial charge in [0.1, 0.15) is 0 Å². The fourth-order valence-electron chi connectivity index (χ4n) is 2.92. The van der Waals surface area contributed by atoms with Gasteiger partial charge in [0.25, 0.3) is 5.91 Å². The van der Waals surface area contributed by atoms with Crippen LogP contribution in [0.15, 0.2) is 48.5 Å². The normalized spacial score (nSPS) is 18.2. The smallest absolute Gasteiger partial charge is 0.331 e. The Labute approximate surface area is 168 Å². The molecule has 0 bridgehead atoms. The van der Waals surface area contributed by atoms with Gasteiger partial charge in [-0.25, -0.2) is 13.2 Å². The van der Waals surface area contributed by atoms with Crippen molar-refractivity contribution in [2.24, 2.45) is 0 Å². The van der Waals surface area contributed by atoms with Crippen molar-refractivity contribution >= 4 is 39.1 Å². The topological polar surface area (TPSA) is 80.8 Å². The first-order valence-corrected chi connectivity index (χ1v) is 11.4. The molecule has 2 aromatic rings. The molecule has 148 valence electrons. The molecule has 0 N–H and O–H groups in total. The van der Waals surface area contributed by atoms with Crippen LogP contribution in [0.5, 0.6) is 0 Å².